The fourth-order valence-electron chi connectivity index (χ4n) is 6.91. The molecule has 1 aromatic heterocycles. The molecule has 1 saturated carbocycles. The predicted octanol–water partition coefficient (Wildman–Crippen LogP) is 4.38. The van der Waals surface area contributed by atoms with Gasteiger partial charge in [-0.25, -0.2) is 4.79 Å². The molecule has 12 heteroatoms. The van der Waals surface area contributed by atoms with E-state index in [-0.39, 0.29) is 53.9 Å². The zero-order valence-electron chi connectivity index (χ0n) is 23.8. The first-order valence-electron chi connectivity index (χ1n) is 14.9. The molecule has 4 heterocycles. The van der Waals surface area contributed by atoms with Gasteiger partial charge in [0.05, 0.1) is 29.1 Å². The number of halogens is 3. The zero-order valence-corrected chi connectivity index (χ0v) is 23.8. The Labute approximate surface area is 243 Å². The Balaban J connectivity index is 1.11. The molecule has 4 aliphatic rings. The number of nitrogens with zero attached hydrogens (tertiary/aromatic N) is 5. The molecule has 0 bridgehead atoms. The van der Waals surface area contributed by atoms with Crippen molar-refractivity contribution in [2.45, 2.75) is 75.5 Å². The van der Waals surface area contributed by atoms with Gasteiger partial charge in [-0.2, -0.15) is 18.3 Å². The molecule has 1 unspecified atom stereocenters. The summed E-state index contributed by atoms with van der Waals surface area (Å²) in [6, 6.07) is 5.72. The van der Waals surface area contributed by atoms with Crippen molar-refractivity contribution in [3.63, 3.8) is 0 Å². The highest BCUT2D eigenvalue weighted by Gasteiger charge is 2.40. The van der Waals surface area contributed by atoms with Crippen LogP contribution in [0.4, 0.5) is 18.0 Å². The Bertz CT molecular complexity index is 1350. The van der Waals surface area contributed by atoms with Crippen molar-refractivity contribution in [3.8, 4) is 0 Å². The molecule has 2 atom stereocenters. The van der Waals surface area contributed by atoms with Gasteiger partial charge in [-0.1, -0.05) is 18.2 Å². The maximum Gasteiger partial charge on any atom is 0.416 e. The third kappa shape index (κ3) is 5.72. The van der Waals surface area contributed by atoms with Crippen LogP contribution < -0.4 is 5.32 Å². The van der Waals surface area contributed by atoms with Crippen molar-refractivity contribution >= 4 is 17.8 Å². The van der Waals surface area contributed by atoms with E-state index in [1.807, 2.05) is 9.58 Å². The topological polar surface area (TPSA) is 90.8 Å². The van der Waals surface area contributed by atoms with E-state index >= 15 is 0 Å². The van der Waals surface area contributed by atoms with E-state index < -0.39 is 11.7 Å². The van der Waals surface area contributed by atoms with Crippen LogP contribution in [0.25, 0.3) is 0 Å². The number of hydrogen-bond acceptors (Lipinski definition) is 4. The lowest BCUT2D eigenvalue weighted by Crippen LogP contribution is -2.47. The molecule has 4 fully saturated rings. The van der Waals surface area contributed by atoms with Gasteiger partial charge < -0.3 is 20.0 Å². The lowest BCUT2D eigenvalue weighted by atomic mass is 9.93. The summed E-state index contributed by atoms with van der Waals surface area (Å²) < 4.78 is 42.9. The van der Waals surface area contributed by atoms with E-state index in [2.05, 4.69) is 10.4 Å². The molecule has 1 N–H and O–H groups in total. The first-order chi connectivity index (χ1) is 20.1. The number of carbonyl (C=O) groups excluding carboxylic acids is 3. The maximum absolute atomic E-state index is 13.7. The quantitative estimate of drug-likeness (QED) is 0.563. The summed E-state index contributed by atoms with van der Waals surface area (Å²) in [6.45, 7) is 4.47. The van der Waals surface area contributed by atoms with Gasteiger partial charge in [0.15, 0.2) is 0 Å². The van der Waals surface area contributed by atoms with Crippen molar-refractivity contribution in [1.82, 2.24) is 29.8 Å². The highest BCUT2D eigenvalue weighted by molar-refractivity contribution is 5.95. The number of urea groups is 1. The highest BCUT2D eigenvalue weighted by Crippen LogP contribution is 2.44. The van der Waals surface area contributed by atoms with Crippen molar-refractivity contribution in [3.05, 3.63) is 52.8 Å². The number of carbonyl (C=O) groups is 3. The molecular formula is C30H37F3N6O3. The fraction of sp³-hybridized carbons (Fsp3) is 0.600. The summed E-state index contributed by atoms with van der Waals surface area (Å²) in [6.07, 6.45) is 1.86. The van der Waals surface area contributed by atoms with Crippen molar-refractivity contribution < 1.29 is 27.6 Å². The van der Waals surface area contributed by atoms with E-state index in [4.69, 9.17) is 0 Å². The first-order valence-corrected chi connectivity index (χ1v) is 14.9. The van der Waals surface area contributed by atoms with Crippen molar-refractivity contribution in [2.75, 3.05) is 39.3 Å². The Morgan fingerprint density at radius 2 is 1.55 bits per heavy atom. The average molecular weight is 587 g/mol. The molecule has 0 radical (unpaired) electrons. The Morgan fingerprint density at radius 1 is 0.857 bits per heavy atom. The Kier molecular flexibility index (Phi) is 7.65. The van der Waals surface area contributed by atoms with E-state index in [9.17, 15) is 27.6 Å². The van der Waals surface area contributed by atoms with Gasteiger partial charge in [0.1, 0.15) is 0 Å². The van der Waals surface area contributed by atoms with E-state index in [1.165, 1.54) is 19.1 Å². The average Bonchev–Trinajstić information content (AvgIpc) is 3.34. The summed E-state index contributed by atoms with van der Waals surface area (Å²) in [4.78, 5) is 43.5. The van der Waals surface area contributed by atoms with Crippen LogP contribution in [0.3, 0.4) is 0 Å². The van der Waals surface area contributed by atoms with Crippen LogP contribution in [0.15, 0.2) is 30.5 Å². The molecule has 42 heavy (non-hydrogen) atoms. The van der Waals surface area contributed by atoms with Crippen LogP contribution in [0.5, 0.6) is 0 Å². The van der Waals surface area contributed by atoms with E-state index in [1.54, 1.807) is 22.1 Å². The maximum atomic E-state index is 13.7. The number of aromatic nitrogens is 2. The summed E-state index contributed by atoms with van der Waals surface area (Å²) in [5, 5.41) is 7.56. The number of hydrogen-bond donors (Lipinski definition) is 1. The van der Waals surface area contributed by atoms with Gasteiger partial charge in [0.25, 0.3) is 5.91 Å². The second kappa shape index (κ2) is 11.3. The number of rotatable bonds is 5. The highest BCUT2D eigenvalue weighted by atomic mass is 19.4. The van der Waals surface area contributed by atoms with E-state index in [0.717, 1.165) is 43.9 Å². The minimum absolute atomic E-state index is 0.00395. The molecule has 4 amide bonds. The van der Waals surface area contributed by atoms with Crippen molar-refractivity contribution in [2.24, 2.45) is 0 Å². The molecule has 226 valence electrons. The van der Waals surface area contributed by atoms with Crippen LogP contribution in [0, 0.1) is 0 Å². The second-order valence-corrected chi connectivity index (χ2v) is 12.1. The largest absolute Gasteiger partial charge is 0.416 e. The third-order valence-corrected chi connectivity index (χ3v) is 9.16. The Hall–Kier alpha value is -3.57. The SMILES string of the molecule is CC(=O)N[C@H]1CCN(C(=O)N2CCC(n3ncc(C(=O)N4CCC(c5ccccc5C(F)(F)F)C4)c3C3CC3)CC2)C1. The van der Waals surface area contributed by atoms with Crippen LogP contribution in [-0.2, 0) is 11.0 Å². The smallest absolute Gasteiger partial charge is 0.352 e. The zero-order chi connectivity index (χ0) is 29.6. The summed E-state index contributed by atoms with van der Waals surface area (Å²) >= 11 is 0. The van der Waals surface area contributed by atoms with Gasteiger partial charge in [-0.05, 0) is 50.2 Å². The number of benzene rings is 1. The molecule has 3 saturated heterocycles. The number of likely N-dealkylation sites (tertiary alicyclic amines) is 3. The summed E-state index contributed by atoms with van der Waals surface area (Å²) in [7, 11) is 0. The normalized spacial score (nSPS) is 23.5. The molecule has 1 aromatic carbocycles. The van der Waals surface area contributed by atoms with Crippen LogP contribution in [0.2, 0.25) is 0 Å². The minimum Gasteiger partial charge on any atom is -0.352 e. The second-order valence-electron chi connectivity index (χ2n) is 12.1. The minimum atomic E-state index is -4.43. The first kappa shape index (κ1) is 28.5. The molecule has 0 spiro atoms. The fourth-order valence-corrected chi connectivity index (χ4v) is 6.91. The summed E-state index contributed by atoms with van der Waals surface area (Å²) in [5.41, 5.74) is 1.11. The van der Waals surface area contributed by atoms with Gasteiger partial charge >= 0.3 is 12.2 Å². The Morgan fingerprint density at radius 3 is 2.24 bits per heavy atom. The van der Waals surface area contributed by atoms with Gasteiger partial charge in [-0.15, -0.1) is 0 Å². The monoisotopic (exact) mass is 586 g/mol. The van der Waals surface area contributed by atoms with Gasteiger partial charge in [-0.3, -0.25) is 14.3 Å². The van der Waals surface area contributed by atoms with Crippen LogP contribution in [-0.4, -0.2) is 87.6 Å². The van der Waals surface area contributed by atoms with Crippen LogP contribution >= 0.6 is 0 Å². The molecule has 6 rings (SSSR count). The standard InChI is InChI=1S/C30H37F3N6O3/c1-19(40)35-22-9-13-38(18-22)29(42)36-14-10-23(11-15-36)39-27(20-6-7-20)25(16-34-39)28(41)37-12-8-21(17-37)24-4-2-3-5-26(24)30(31,32)33/h2-5,16,20-23H,6-15,17-18H2,1H3,(H,35,40)/t21?,22-/m0/s1. The van der Waals surface area contributed by atoms with Gasteiger partial charge in [0.2, 0.25) is 5.91 Å². The van der Waals surface area contributed by atoms with E-state index in [0.29, 0.717) is 44.7 Å². The third-order valence-electron chi connectivity index (χ3n) is 9.16. The van der Waals surface area contributed by atoms with Crippen molar-refractivity contribution in [1.29, 1.82) is 0 Å². The number of nitrogens with one attached hydrogen (secondary N) is 1. The number of alkyl halides is 3. The van der Waals surface area contributed by atoms with Gasteiger partial charge in [0, 0.05) is 64.1 Å². The molecule has 1 aliphatic carbocycles. The molecular weight excluding hydrogens is 549 g/mol. The summed E-state index contributed by atoms with van der Waals surface area (Å²) in [5.74, 6) is -0.358. The molecule has 9 nitrogen and oxygen atoms in total. The number of amides is 4. The van der Waals surface area contributed by atoms with Crippen LogP contribution in [0.1, 0.15) is 90.5 Å². The lowest BCUT2D eigenvalue weighted by Gasteiger charge is -2.35. The molecule has 2 aromatic rings. The predicted molar refractivity (Wildman–Crippen MR) is 148 cm³/mol. The lowest BCUT2D eigenvalue weighted by molar-refractivity contribution is -0.138. The molecule has 3 aliphatic heterocycles. The number of piperidine rings is 1.